The first-order chi connectivity index (χ1) is 12.8. The van der Waals surface area contributed by atoms with E-state index in [0.29, 0.717) is 18.0 Å². The van der Waals surface area contributed by atoms with Crippen molar-refractivity contribution in [1.82, 2.24) is 4.90 Å². The molecule has 0 radical (unpaired) electrons. The Hall–Kier alpha value is -2.50. The Morgan fingerprint density at radius 3 is 2.73 bits per heavy atom. The third-order valence-corrected chi connectivity index (χ3v) is 6.12. The molecule has 4 nitrogen and oxygen atoms in total. The Morgan fingerprint density at radius 2 is 1.88 bits per heavy atom. The number of hydrogen-bond acceptors (Lipinski definition) is 5. The molecule has 3 heterocycles. The smallest absolute Gasteiger partial charge is 0.231 e. The van der Waals surface area contributed by atoms with E-state index in [1.54, 1.807) is 6.07 Å². The van der Waals surface area contributed by atoms with Crippen molar-refractivity contribution in [1.29, 1.82) is 0 Å². The van der Waals surface area contributed by atoms with Crippen molar-refractivity contribution in [2.45, 2.75) is 19.0 Å². The van der Waals surface area contributed by atoms with Crippen LogP contribution in [0, 0.1) is 0 Å². The summed E-state index contributed by atoms with van der Waals surface area (Å²) in [7, 11) is 0. The van der Waals surface area contributed by atoms with Crippen LogP contribution in [0.2, 0.25) is 0 Å². The van der Waals surface area contributed by atoms with E-state index in [1.807, 2.05) is 17.4 Å². The largest absolute Gasteiger partial charge is 0.507 e. The number of thiophene rings is 1. The molecule has 0 aliphatic carbocycles. The Morgan fingerprint density at radius 1 is 1.08 bits per heavy atom. The van der Waals surface area contributed by atoms with Crippen LogP contribution in [0.3, 0.4) is 0 Å². The molecule has 0 fully saturated rings. The van der Waals surface area contributed by atoms with Gasteiger partial charge in [0.15, 0.2) is 11.5 Å². The lowest BCUT2D eigenvalue weighted by Crippen LogP contribution is -2.34. The normalized spacial score (nSPS) is 18.7. The van der Waals surface area contributed by atoms with Crippen molar-refractivity contribution < 1.29 is 14.6 Å². The first-order valence-electron chi connectivity index (χ1n) is 8.76. The molecule has 0 saturated heterocycles. The molecule has 1 aromatic heterocycles. The van der Waals surface area contributed by atoms with Gasteiger partial charge in [0.05, 0.1) is 6.04 Å². The number of ether oxygens (including phenoxy) is 2. The Kier molecular flexibility index (Phi) is 3.84. The molecule has 2 aliphatic heterocycles. The molecule has 0 spiro atoms. The fourth-order valence-corrected chi connectivity index (χ4v) is 4.79. The van der Waals surface area contributed by atoms with Crippen molar-refractivity contribution in [3.63, 3.8) is 0 Å². The summed E-state index contributed by atoms with van der Waals surface area (Å²) < 4.78 is 10.8. The third kappa shape index (κ3) is 2.64. The lowest BCUT2D eigenvalue weighted by Gasteiger charge is -2.36. The van der Waals surface area contributed by atoms with E-state index < -0.39 is 0 Å². The predicted molar refractivity (Wildman–Crippen MR) is 101 cm³/mol. The van der Waals surface area contributed by atoms with Crippen molar-refractivity contribution in [2.75, 3.05) is 13.3 Å². The molecule has 132 valence electrons. The van der Waals surface area contributed by atoms with Gasteiger partial charge in [-0.15, -0.1) is 11.3 Å². The maximum Gasteiger partial charge on any atom is 0.231 e. The topological polar surface area (TPSA) is 41.9 Å². The second kappa shape index (κ2) is 6.34. The average molecular weight is 365 g/mol. The molecule has 3 aromatic rings. The van der Waals surface area contributed by atoms with Crippen LogP contribution in [0.25, 0.3) is 0 Å². The van der Waals surface area contributed by atoms with E-state index in [-0.39, 0.29) is 18.6 Å². The van der Waals surface area contributed by atoms with Gasteiger partial charge in [-0.25, -0.2) is 0 Å². The predicted octanol–water partition coefficient (Wildman–Crippen LogP) is 4.33. The van der Waals surface area contributed by atoms with Gasteiger partial charge in [-0.2, -0.15) is 0 Å². The maximum atomic E-state index is 10.5. The molecule has 1 atom stereocenters. The van der Waals surface area contributed by atoms with E-state index in [2.05, 4.69) is 46.7 Å². The number of nitrogens with zero attached hydrogens (tertiary/aromatic N) is 1. The van der Waals surface area contributed by atoms with Gasteiger partial charge in [0.2, 0.25) is 6.79 Å². The summed E-state index contributed by atoms with van der Waals surface area (Å²) in [4.78, 5) is 3.90. The highest BCUT2D eigenvalue weighted by Crippen LogP contribution is 2.42. The lowest BCUT2D eigenvalue weighted by molar-refractivity contribution is 0.173. The number of hydrogen-bond donors (Lipinski definition) is 1. The highest BCUT2D eigenvalue weighted by molar-refractivity contribution is 7.10. The van der Waals surface area contributed by atoms with Gasteiger partial charge in [-0.3, -0.25) is 4.90 Å². The number of phenolic OH excluding ortho intramolecular Hbond substituents is 1. The molecule has 0 saturated carbocycles. The van der Waals surface area contributed by atoms with Gasteiger partial charge >= 0.3 is 0 Å². The van der Waals surface area contributed by atoms with Crippen LogP contribution in [0.15, 0.2) is 53.9 Å². The van der Waals surface area contributed by atoms with Crippen molar-refractivity contribution in [3.8, 4) is 17.2 Å². The standard InChI is InChI=1S/C21H19NO3S/c23-17-11-19-18(24-13-25-19)10-15(17)12-22-8-6-20-16(7-9-26-20)21(22)14-4-2-1-3-5-14/h1-5,7,9-11,21,23H,6,8,12-13H2/t21-/m0/s1. The van der Waals surface area contributed by atoms with Crippen LogP contribution in [-0.4, -0.2) is 23.3 Å². The summed E-state index contributed by atoms with van der Waals surface area (Å²) in [5.74, 6) is 1.59. The van der Waals surface area contributed by atoms with E-state index in [4.69, 9.17) is 9.47 Å². The van der Waals surface area contributed by atoms with Crippen LogP contribution in [0.5, 0.6) is 17.2 Å². The second-order valence-electron chi connectivity index (χ2n) is 6.67. The molecule has 0 bridgehead atoms. The Balaban J connectivity index is 1.52. The average Bonchev–Trinajstić information content (AvgIpc) is 3.31. The van der Waals surface area contributed by atoms with Crippen molar-refractivity contribution in [2.24, 2.45) is 0 Å². The van der Waals surface area contributed by atoms with Crippen LogP contribution >= 0.6 is 11.3 Å². The zero-order chi connectivity index (χ0) is 17.5. The molecule has 0 amide bonds. The summed E-state index contributed by atoms with van der Waals surface area (Å²) >= 11 is 1.84. The number of fused-ring (bicyclic) bond motifs is 2. The molecular formula is C21H19NO3S. The van der Waals surface area contributed by atoms with Gasteiger partial charge in [0.25, 0.3) is 0 Å². The van der Waals surface area contributed by atoms with Gasteiger partial charge in [-0.1, -0.05) is 30.3 Å². The lowest BCUT2D eigenvalue weighted by atomic mass is 9.92. The van der Waals surface area contributed by atoms with Gasteiger partial charge in [0, 0.05) is 29.6 Å². The number of aromatic hydroxyl groups is 1. The monoisotopic (exact) mass is 365 g/mol. The fraction of sp³-hybridized carbons (Fsp3) is 0.238. The summed E-state index contributed by atoms with van der Waals surface area (Å²) in [6.07, 6.45) is 1.04. The Labute approximate surface area is 156 Å². The minimum absolute atomic E-state index is 0.205. The summed E-state index contributed by atoms with van der Waals surface area (Å²) in [6.45, 7) is 1.84. The minimum Gasteiger partial charge on any atom is -0.507 e. The fourth-order valence-electron chi connectivity index (χ4n) is 3.88. The van der Waals surface area contributed by atoms with Crippen LogP contribution in [-0.2, 0) is 13.0 Å². The van der Waals surface area contributed by atoms with E-state index in [1.165, 1.54) is 16.0 Å². The number of rotatable bonds is 3. The third-order valence-electron chi connectivity index (χ3n) is 5.13. The molecule has 0 unspecified atom stereocenters. The van der Waals surface area contributed by atoms with E-state index in [0.717, 1.165) is 18.5 Å². The molecule has 26 heavy (non-hydrogen) atoms. The number of phenols is 1. The van der Waals surface area contributed by atoms with Crippen LogP contribution < -0.4 is 9.47 Å². The Bertz CT molecular complexity index is 938. The molecule has 1 N–H and O–H groups in total. The zero-order valence-corrected chi connectivity index (χ0v) is 15.0. The highest BCUT2D eigenvalue weighted by Gasteiger charge is 2.30. The molecule has 5 heteroatoms. The van der Waals surface area contributed by atoms with Crippen LogP contribution in [0.1, 0.15) is 27.6 Å². The molecular weight excluding hydrogens is 346 g/mol. The minimum atomic E-state index is 0.205. The van der Waals surface area contributed by atoms with E-state index >= 15 is 0 Å². The summed E-state index contributed by atoms with van der Waals surface area (Å²) in [6, 6.07) is 16.6. The molecule has 2 aromatic carbocycles. The van der Waals surface area contributed by atoms with Crippen molar-refractivity contribution >= 4 is 11.3 Å². The first-order valence-corrected chi connectivity index (χ1v) is 9.64. The van der Waals surface area contributed by atoms with E-state index in [9.17, 15) is 5.11 Å². The first kappa shape index (κ1) is 15.7. The van der Waals surface area contributed by atoms with Gasteiger partial charge < -0.3 is 14.6 Å². The van der Waals surface area contributed by atoms with Crippen LogP contribution in [0.4, 0.5) is 0 Å². The second-order valence-corrected chi connectivity index (χ2v) is 7.67. The number of benzene rings is 2. The molecule has 5 rings (SSSR count). The zero-order valence-electron chi connectivity index (χ0n) is 14.2. The SMILES string of the molecule is Oc1cc2c(cc1CN1CCc3sccc3[C@@H]1c1ccccc1)OCO2. The maximum absolute atomic E-state index is 10.5. The summed E-state index contributed by atoms with van der Waals surface area (Å²) in [5, 5.41) is 12.6. The molecule has 2 aliphatic rings. The highest BCUT2D eigenvalue weighted by atomic mass is 32.1. The summed E-state index contributed by atoms with van der Waals surface area (Å²) in [5.41, 5.74) is 3.54. The van der Waals surface area contributed by atoms with Crippen molar-refractivity contribution in [3.05, 3.63) is 75.5 Å². The van der Waals surface area contributed by atoms with Gasteiger partial charge in [0.1, 0.15) is 5.75 Å². The van der Waals surface area contributed by atoms with Gasteiger partial charge in [-0.05, 0) is 35.1 Å². The quantitative estimate of drug-likeness (QED) is 0.750.